The molecule has 0 bridgehead atoms. The number of methoxy groups -OCH3 is 1. The molecule has 4 rings (SSSR count). The number of nitrogens with zero attached hydrogens (tertiary/aromatic N) is 1. The number of amides is 1. The van der Waals surface area contributed by atoms with E-state index in [1.165, 1.54) is 7.11 Å². The van der Waals surface area contributed by atoms with Gasteiger partial charge in [0.25, 0.3) is 0 Å². The minimum atomic E-state index is -0.488. The van der Waals surface area contributed by atoms with Crippen molar-refractivity contribution in [3.8, 4) is 11.5 Å². The van der Waals surface area contributed by atoms with Gasteiger partial charge in [-0.1, -0.05) is 28.1 Å². The second-order valence-corrected chi connectivity index (χ2v) is 11.6. The summed E-state index contributed by atoms with van der Waals surface area (Å²) in [5.41, 5.74) is 2.62. The molecule has 1 amide bonds. The van der Waals surface area contributed by atoms with E-state index in [9.17, 15) is 9.59 Å². The van der Waals surface area contributed by atoms with E-state index in [0.717, 1.165) is 64.8 Å². The van der Waals surface area contributed by atoms with Gasteiger partial charge in [-0.15, -0.1) is 0 Å². The number of carbonyl (C=O) groups is 2. The zero-order chi connectivity index (χ0) is 26.6. The molecular formula is C29H36BrNO6. The Labute approximate surface area is 227 Å². The topological polar surface area (TPSA) is 74.3 Å². The first-order valence-corrected chi connectivity index (χ1v) is 13.7. The Morgan fingerprint density at radius 3 is 2.41 bits per heavy atom. The molecule has 1 fully saturated rings. The zero-order valence-electron chi connectivity index (χ0n) is 22.1. The van der Waals surface area contributed by atoms with Crippen LogP contribution >= 0.6 is 15.9 Å². The van der Waals surface area contributed by atoms with E-state index in [4.69, 9.17) is 18.9 Å². The Bertz CT molecular complexity index is 1100. The molecule has 1 heterocycles. The summed E-state index contributed by atoms with van der Waals surface area (Å²) in [6.45, 7) is 7.30. The van der Waals surface area contributed by atoms with E-state index < -0.39 is 5.60 Å². The van der Waals surface area contributed by atoms with Crippen molar-refractivity contribution in [2.24, 2.45) is 0 Å². The number of ether oxygens (including phenoxy) is 4. The highest BCUT2D eigenvalue weighted by Crippen LogP contribution is 2.40. The first-order valence-electron chi connectivity index (χ1n) is 12.9. The van der Waals surface area contributed by atoms with Gasteiger partial charge in [0.2, 0.25) is 0 Å². The molecule has 1 atom stereocenters. The summed E-state index contributed by atoms with van der Waals surface area (Å²) in [6, 6.07) is 11.9. The van der Waals surface area contributed by atoms with E-state index in [2.05, 4.69) is 15.9 Å². The molecule has 2 aromatic carbocycles. The van der Waals surface area contributed by atoms with Crippen LogP contribution in [0.15, 0.2) is 40.9 Å². The van der Waals surface area contributed by atoms with Gasteiger partial charge in [0, 0.05) is 30.4 Å². The Morgan fingerprint density at radius 2 is 1.76 bits per heavy atom. The lowest BCUT2D eigenvalue weighted by Gasteiger charge is -2.33. The smallest absolute Gasteiger partial charge is 0.410 e. The summed E-state index contributed by atoms with van der Waals surface area (Å²) < 4.78 is 23.8. The number of hydrogen-bond acceptors (Lipinski definition) is 6. The van der Waals surface area contributed by atoms with Crippen LogP contribution in [0.1, 0.15) is 69.1 Å². The molecular weight excluding hydrogens is 538 g/mol. The maximum atomic E-state index is 12.3. The average molecular weight is 575 g/mol. The first-order chi connectivity index (χ1) is 17.6. The average Bonchev–Trinajstić information content (AvgIpc) is 2.86. The van der Waals surface area contributed by atoms with Crippen LogP contribution in [0.25, 0.3) is 0 Å². The van der Waals surface area contributed by atoms with Crippen LogP contribution in [0.4, 0.5) is 4.79 Å². The molecule has 0 radical (unpaired) electrons. The van der Waals surface area contributed by atoms with Gasteiger partial charge in [-0.3, -0.25) is 4.79 Å². The standard InChI is InChI=1S/C29H36BrNO6/c1-29(2,3)37-28(33)31-14-12-22(13-15-31)36-21-10-8-19(9-11-21)18-35-26-17-20(30)16-25-23(26)6-5-7-24(25)27(32)34-4/h8-11,16-17,22,24H,5-7,12-15,18H2,1-4H3. The lowest BCUT2D eigenvalue weighted by Crippen LogP contribution is -2.44. The third kappa shape index (κ3) is 7.18. The van der Waals surface area contributed by atoms with E-state index in [1.54, 1.807) is 4.90 Å². The summed E-state index contributed by atoms with van der Waals surface area (Å²) in [7, 11) is 1.44. The lowest BCUT2D eigenvalue weighted by molar-refractivity contribution is -0.142. The lowest BCUT2D eigenvalue weighted by atomic mass is 9.82. The molecule has 7 nitrogen and oxygen atoms in total. The maximum absolute atomic E-state index is 12.3. The van der Waals surface area contributed by atoms with Crippen LogP contribution in [-0.2, 0) is 27.3 Å². The molecule has 0 N–H and O–H groups in total. The highest BCUT2D eigenvalue weighted by Gasteiger charge is 2.30. The van der Waals surface area contributed by atoms with Gasteiger partial charge in [0.05, 0.1) is 13.0 Å². The van der Waals surface area contributed by atoms with Gasteiger partial charge in [-0.25, -0.2) is 4.79 Å². The quantitative estimate of drug-likeness (QED) is 0.372. The summed E-state index contributed by atoms with van der Waals surface area (Å²) in [4.78, 5) is 26.3. The highest BCUT2D eigenvalue weighted by atomic mass is 79.9. The molecule has 0 aromatic heterocycles. The second-order valence-electron chi connectivity index (χ2n) is 10.7. The van der Waals surface area contributed by atoms with Crippen molar-refractivity contribution in [2.75, 3.05) is 20.2 Å². The van der Waals surface area contributed by atoms with Crippen molar-refractivity contribution in [2.45, 2.75) is 77.1 Å². The summed E-state index contributed by atoms with van der Waals surface area (Å²) in [5, 5.41) is 0. The molecule has 8 heteroatoms. The molecule has 2 aromatic rings. The fourth-order valence-electron chi connectivity index (χ4n) is 4.87. The van der Waals surface area contributed by atoms with Crippen LogP contribution < -0.4 is 9.47 Å². The number of benzene rings is 2. The van der Waals surface area contributed by atoms with Gasteiger partial charge >= 0.3 is 12.1 Å². The van der Waals surface area contributed by atoms with E-state index in [1.807, 2.05) is 57.2 Å². The Kier molecular flexibility index (Phi) is 8.67. The van der Waals surface area contributed by atoms with Crippen molar-refractivity contribution in [1.82, 2.24) is 4.90 Å². The van der Waals surface area contributed by atoms with Crippen molar-refractivity contribution >= 4 is 28.0 Å². The third-order valence-electron chi connectivity index (χ3n) is 6.70. The summed E-state index contributed by atoms with van der Waals surface area (Å²) in [6.07, 6.45) is 3.93. The van der Waals surface area contributed by atoms with Crippen LogP contribution in [-0.4, -0.2) is 48.9 Å². The van der Waals surface area contributed by atoms with Crippen LogP contribution in [0.5, 0.6) is 11.5 Å². The van der Waals surface area contributed by atoms with Crippen molar-refractivity contribution in [1.29, 1.82) is 0 Å². The molecule has 2 aliphatic rings. The molecule has 200 valence electrons. The summed E-state index contributed by atoms with van der Waals surface area (Å²) >= 11 is 3.57. The molecule has 1 aliphatic carbocycles. The fraction of sp³-hybridized carbons (Fsp3) is 0.517. The molecule has 1 aliphatic heterocycles. The normalized spacial score (nSPS) is 18.1. The highest BCUT2D eigenvalue weighted by molar-refractivity contribution is 9.10. The number of likely N-dealkylation sites (tertiary alicyclic amines) is 1. The minimum Gasteiger partial charge on any atom is -0.490 e. The van der Waals surface area contributed by atoms with E-state index >= 15 is 0 Å². The number of fused-ring (bicyclic) bond motifs is 1. The Balaban J connectivity index is 1.31. The number of halogens is 1. The van der Waals surface area contributed by atoms with Gasteiger partial charge < -0.3 is 23.8 Å². The Morgan fingerprint density at radius 1 is 1.05 bits per heavy atom. The van der Waals surface area contributed by atoms with Crippen LogP contribution in [0, 0.1) is 0 Å². The monoisotopic (exact) mass is 573 g/mol. The van der Waals surface area contributed by atoms with Gasteiger partial charge in [0.15, 0.2) is 0 Å². The van der Waals surface area contributed by atoms with Crippen molar-refractivity contribution in [3.05, 3.63) is 57.6 Å². The molecule has 0 saturated carbocycles. The predicted molar refractivity (Wildman–Crippen MR) is 144 cm³/mol. The molecule has 37 heavy (non-hydrogen) atoms. The fourth-order valence-corrected chi connectivity index (χ4v) is 5.32. The Hall–Kier alpha value is -2.74. The third-order valence-corrected chi connectivity index (χ3v) is 7.16. The number of esters is 1. The number of rotatable bonds is 6. The largest absolute Gasteiger partial charge is 0.490 e. The van der Waals surface area contributed by atoms with E-state index in [-0.39, 0.29) is 24.1 Å². The SMILES string of the molecule is COC(=O)C1CCCc2c(OCc3ccc(OC4CCN(C(=O)OC(C)(C)C)CC4)cc3)cc(Br)cc21. The van der Waals surface area contributed by atoms with Crippen LogP contribution in [0.2, 0.25) is 0 Å². The first kappa shape index (κ1) is 27.3. The van der Waals surface area contributed by atoms with Crippen molar-refractivity contribution in [3.63, 3.8) is 0 Å². The van der Waals surface area contributed by atoms with Crippen LogP contribution in [0.3, 0.4) is 0 Å². The van der Waals surface area contributed by atoms with Crippen molar-refractivity contribution < 1.29 is 28.5 Å². The van der Waals surface area contributed by atoms with Gasteiger partial charge in [-0.2, -0.15) is 0 Å². The molecule has 0 spiro atoms. The van der Waals surface area contributed by atoms with E-state index in [0.29, 0.717) is 19.7 Å². The second kappa shape index (κ2) is 11.8. The minimum absolute atomic E-state index is 0.0664. The van der Waals surface area contributed by atoms with Gasteiger partial charge in [-0.05, 0) is 81.0 Å². The molecule has 1 saturated heterocycles. The maximum Gasteiger partial charge on any atom is 0.410 e. The molecule has 1 unspecified atom stereocenters. The van der Waals surface area contributed by atoms with Gasteiger partial charge in [0.1, 0.15) is 29.8 Å². The zero-order valence-corrected chi connectivity index (χ0v) is 23.6. The summed E-state index contributed by atoms with van der Waals surface area (Å²) in [5.74, 6) is 1.16. The predicted octanol–water partition coefficient (Wildman–Crippen LogP) is 6.40. The number of piperidine rings is 1. The number of hydrogen-bond donors (Lipinski definition) is 0. The number of carbonyl (C=O) groups excluding carboxylic acids is 2.